The number of aryl methyl sites for hydroxylation is 1. The van der Waals surface area contributed by atoms with E-state index in [1.165, 1.54) is 23.5 Å². The average Bonchev–Trinajstić information content (AvgIpc) is 2.81. The molecule has 2 rings (SSSR count). The molecule has 1 aromatic heterocycles. The van der Waals surface area contributed by atoms with Gasteiger partial charge in [0.1, 0.15) is 5.82 Å². The number of benzene rings is 1. The maximum absolute atomic E-state index is 14.1. The van der Waals surface area contributed by atoms with Gasteiger partial charge >= 0.3 is 6.18 Å². The van der Waals surface area contributed by atoms with Gasteiger partial charge in [-0.25, -0.2) is 9.37 Å². The molecule has 0 aliphatic heterocycles. The second-order valence-corrected chi connectivity index (χ2v) is 5.46. The number of thiazole rings is 1. The largest absolute Gasteiger partial charge is 0.419 e. The average molecular weight is 319 g/mol. The van der Waals surface area contributed by atoms with Crippen molar-refractivity contribution in [1.29, 1.82) is 0 Å². The summed E-state index contributed by atoms with van der Waals surface area (Å²) < 4.78 is 52.3. The molecule has 0 aliphatic rings. The van der Waals surface area contributed by atoms with Crippen LogP contribution >= 0.6 is 11.3 Å². The Bertz CT molecular complexity index is 624. The molecule has 0 amide bonds. The number of nitrogens with one attached hydrogen (secondary N) is 1. The van der Waals surface area contributed by atoms with E-state index in [0.717, 1.165) is 5.69 Å². The second-order valence-electron chi connectivity index (χ2n) is 4.51. The van der Waals surface area contributed by atoms with Crippen molar-refractivity contribution in [2.24, 2.45) is 5.84 Å². The normalized spacial score (nSPS) is 13.4. The van der Waals surface area contributed by atoms with E-state index in [1.54, 1.807) is 6.92 Å². The van der Waals surface area contributed by atoms with E-state index in [4.69, 9.17) is 5.84 Å². The van der Waals surface area contributed by atoms with E-state index in [2.05, 4.69) is 10.4 Å². The number of aromatic nitrogens is 1. The molecule has 0 fully saturated rings. The van der Waals surface area contributed by atoms with E-state index in [0.29, 0.717) is 11.1 Å². The second kappa shape index (κ2) is 6.08. The van der Waals surface area contributed by atoms with Gasteiger partial charge in [0.2, 0.25) is 0 Å². The van der Waals surface area contributed by atoms with Crippen molar-refractivity contribution >= 4 is 11.3 Å². The fraction of sp³-hybridized carbons (Fsp3) is 0.308. The summed E-state index contributed by atoms with van der Waals surface area (Å²) in [6, 6.07) is 2.38. The maximum atomic E-state index is 14.1. The third kappa shape index (κ3) is 3.58. The first-order valence-corrected chi connectivity index (χ1v) is 6.93. The lowest BCUT2D eigenvalue weighted by molar-refractivity contribution is -0.140. The van der Waals surface area contributed by atoms with Crippen molar-refractivity contribution in [2.75, 3.05) is 0 Å². The highest BCUT2D eigenvalue weighted by atomic mass is 32.1. The SMILES string of the molecule is Cc1csc(CC(NN)c2cccc(C(F)(F)F)c2F)n1. The van der Waals surface area contributed by atoms with Crippen LogP contribution < -0.4 is 11.3 Å². The van der Waals surface area contributed by atoms with Gasteiger partial charge < -0.3 is 0 Å². The van der Waals surface area contributed by atoms with Crippen LogP contribution in [0.25, 0.3) is 0 Å². The van der Waals surface area contributed by atoms with Crippen LogP contribution in [0.1, 0.15) is 27.9 Å². The summed E-state index contributed by atoms with van der Waals surface area (Å²) in [6.07, 6.45) is -4.52. The molecule has 3 N–H and O–H groups in total. The first-order chi connectivity index (χ1) is 9.82. The summed E-state index contributed by atoms with van der Waals surface area (Å²) in [7, 11) is 0. The van der Waals surface area contributed by atoms with Gasteiger partial charge in [-0.05, 0) is 13.0 Å². The fourth-order valence-corrected chi connectivity index (χ4v) is 2.79. The molecule has 1 aromatic carbocycles. The third-order valence-electron chi connectivity index (χ3n) is 2.96. The highest BCUT2D eigenvalue weighted by Gasteiger charge is 2.35. The lowest BCUT2D eigenvalue weighted by Gasteiger charge is -2.18. The Balaban J connectivity index is 2.34. The van der Waals surface area contributed by atoms with Crippen LogP contribution in [0, 0.1) is 12.7 Å². The molecular weight excluding hydrogens is 306 g/mol. The lowest BCUT2D eigenvalue weighted by atomic mass is 10.0. The van der Waals surface area contributed by atoms with Crippen molar-refractivity contribution in [3.8, 4) is 0 Å². The summed E-state index contributed by atoms with van der Waals surface area (Å²) in [6.45, 7) is 1.80. The molecule has 21 heavy (non-hydrogen) atoms. The highest BCUT2D eigenvalue weighted by Crippen LogP contribution is 2.34. The van der Waals surface area contributed by atoms with Crippen LogP contribution in [0.3, 0.4) is 0 Å². The van der Waals surface area contributed by atoms with Crippen LogP contribution in [0.5, 0.6) is 0 Å². The van der Waals surface area contributed by atoms with Gasteiger partial charge in [-0.15, -0.1) is 11.3 Å². The molecule has 0 aliphatic carbocycles. The predicted octanol–water partition coefficient (Wildman–Crippen LogP) is 3.36. The predicted molar refractivity (Wildman–Crippen MR) is 72.0 cm³/mol. The first-order valence-electron chi connectivity index (χ1n) is 6.05. The van der Waals surface area contributed by atoms with Gasteiger partial charge in [0, 0.05) is 23.1 Å². The third-order valence-corrected chi connectivity index (χ3v) is 3.94. The van der Waals surface area contributed by atoms with Crippen LogP contribution in [0.4, 0.5) is 17.6 Å². The van der Waals surface area contributed by atoms with Crippen molar-refractivity contribution in [3.05, 3.63) is 51.2 Å². The number of rotatable bonds is 4. The number of alkyl halides is 3. The van der Waals surface area contributed by atoms with Crippen LogP contribution in [0.15, 0.2) is 23.6 Å². The number of hydrogen-bond acceptors (Lipinski definition) is 4. The molecule has 1 heterocycles. The van der Waals surface area contributed by atoms with Gasteiger partial charge in [-0.1, -0.05) is 12.1 Å². The zero-order chi connectivity index (χ0) is 15.6. The molecule has 1 unspecified atom stereocenters. The van der Waals surface area contributed by atoms with Crippen LogP contribution in [-0.2, 0) is 12.6 Å². The number of nitrogens with zero attached hydrogens (tertiary/aromatic N) is 1. The van der Waals surface area contributed by atoms with E-state index in [9.17, 15) is 17.6 Å². The molecular formula is C13H13F4N3S. The Morgan fingerprint density at radius 3 is 2.62 bits per heavy atom. The van der Waals surface area contributed by atoms with E-state index >= 15 is 0 Å². The molecule has 0 spiro atoms. The quantitative estimate of drug-likeness (QED) is 0.516. The zero-order valence-corrected chi connectivity index (χ0v) is 11.9. The lowest BCUT2D eigenvalue weighted by Crippen LogP contribution is -2.30. The molecule has 0 bridgehead atoms. The zero-order valence-electron chi connectivity index (χ0n) is 11.0. The minimum Gasteiger partial charge on any atom is -0.271 e. The van der Waals surface area contributed by atoms with E-state index in [1.807, 2.05) is 5.38 Å². The van der Waals surface area contributed by atoms with Gasteiger partial charge in [0.25, 0.3) is 0 Å². The molecule has 0 saturated carbocycles. The Kier molecular flexibility index (Phi) is 4.60. The molecule has 8 heteroatoms. The van der Waals surface area contributed by atoms with Gasteiger partial charge in [-0.3, -0.25) is 11.3 Å². The fourth-order valence-electron chi connectivity index (χ4n) is 1.97. The van der Waals surface area contributed by atoms with Crippen LogP contribution in [0.2, 0.25) is 0 Å². The maximum Gasteiger partial charge on any atom is 0.419 e. The Morgan fingerprint density at radius 2 is 2.10 bits per heavy atom. The molecule has 2 aromatic rings. The molecule has 114 valence electrons. The monoisotopic (exact) mass is 319 g/mol. The Labute approximate surface area is 122 Å². The number of hydrazine groups is 1. The van der Waals surface area contributed by atoms with Crippen LogP contribution in [-0.4, -0.2) is 4.98 Å². The first kappa shape index (κ1) is 15.9. The summed E-state index contributed by atoms with van der Waals surface area (Å²) in [4.78, 5) is 4.20. The topological polar surface area (TPSA) is 50.9 Å². The number of hydrogen-bond donors (Lipinski definition) is 2. The van der Waals surface area contributed by atoms with E-state index < -0.39 is 23.6 Å². The van der Waals surface area contributed by atoms with Crippen molar-refractivity contribution < 1.29 is 17.6 Å². The van der Waals surface area contributed by atoms with Gasteiger partial charge in [0.15, 0.2) is 0 Å². The Hall–Kier alpha value is -1.51. The Morgan fingerprint density at radius 1 is 1.38 bits per heavy atom. The molecule has 0 saturated heterocycles. The standard InChI is InChI=1S/C13H13F4N3S/c1-7-6-21-11(19-7)5-10(20-18)8-3-2-4-9(12(8)14)13(15,16)17/h2-4,6,10,20H,5,18H2,1H3. The molecule has 3 nitrogen and oxygen atoms in total. The summed E-state index contributed by atoms with van der Waals surface area (Å²) in [5.41, 5.74) is 1.74. The van der Waals surface area contributed by atoms with Crippen molar-refractivity contribution in [1.82, 2.24) is 10.4 Å². The van der Waals surface area contributed by atoms with E-state index in [-0.39, 0.29) is 12.0 Å². The van der Waals surface area contributed by atoms with Crippen molar-refractivity contribution in [2.45, 2.75) is 25.6 Å². The van der Waals surface area contributed by atoms with Gasteiger partial charge in [0.05, 0.1) is 16.6 Å². The van der Waals surface area contributed by atoms with Crippen molar-refractivity contribution in [3.63, 3.8) is 0 Å². The number of nitrogens with two attached hydrogens (primary N) is 1. The highest BCUT2D eigenvalue weighted by molar-refractivity contribution is 7.09. The minimum absolute atomic E-state index is 0.125. The summed E-state index contributed by atoms with van der Waals surface area (Å²) in [5, 5.41) is 2.48. The minimum atomic E-state index is -4.74. The summed E-state index contributed by atoms with van der Waals surface area (Å²) >= 11 is 1.35. The number of halogens is 4. The van der Waals surface area contributed by atoms with Gasteiger partial charge in [-0.2, -0.15) is 13.2 Å². The smallest absolute Gasteiger partial charge is 0.271 e. The molecule has 0 radical (unpaired) electrons. The molecule has 1 atom stereocenters. The summed E-state index contributed by atoms with van der Waals surface area (Å²) in [5.74, 6) is 4.06.